The van der Waals surface area contributed by atoms with E-state index in [1.165, 1.54) is 11.6 Å². The number of nitrogens with one attached hydrogen (secondary N) is 1. The smallest absolute Gasteiger partial charge is 0.229 e. The van der Waals surface area contributed by atoms with Crippen molar-refractivity contribution in [3.63, 3.8) is 0 Å². The van der Waals surface area contributed by atoms with Gasteiger partial charge in [-0.3, -0.25) is 4.98 Å². The van der Waals surface area contributed by atoms with Crippen LogP contribution in [-0.4, -0.2) is 28.5 Å². The molecule has 0 bridgehead atoms. The second kappa shape index (κ2) is 7.50. The highest BCUT2D eigenvalue weighted by Crippen LogP contribution is 2.18. The Kier molecular flexibility index (Phi) is 4.96. The first kappa shape index (κ1) is 15.9. The molecule has 122 valence electrons. The van der Waals surface area contributed by atoms with E-state index in [1.807, 2.05) is 30.1 Å². The molecule has 0 saturated heterocycles. The number of para-hydroxylation sites is 1. The van der Waals surface area contributed by atoms with Gasteiger partial charge in [0.15, 0.2) is 0 Å². The molecule has 0 aliphatic heterocycles. The van der Waals surface area contributed by atoms with Crippen molar-refractivity contribution in [1.82, 2.24) is 15.0 Å². The number of nitrogens with zero attached hydrogens (tertiary/aromatic N) is 4. The summed E-state index contributed by atoms with van der Waals surface area (Å²) in [5.41, 5.74) is 1.57. The predicted molar refractivity (Wildman–Crippen MR) is 92.9 cm³/mol. The number of hydrogen-bond donors (Lipinski definition) is 1. The molecule has 2 aromatic heterocycles. The third-order valence-electron chi connectivity index (χ3n) is 3.64. The summed E-state index contributed by atoms with van der Waals surface area (Å²) in [5, 5.41) is 2.91. The van der Waals surface area contributed by atoms with E-state index >= 15 is 0 Å². The summed E-state index contributed by atoms with van der Waals surface area (Å²) < 4.78 is 13.7. The van der Waals surface area contributed by atoms with Gasteiger partial charge in [0.05, 0.1) is 5.69 Å². The molecule has 0 aliphatic carbocycles. The van der Waals surface area contributed by atoms with Gasteiger partial charge in [-0.15, -0.1) is 0 Å². The Morgan fingerprint density at radius 2 is 1.83 bits per heavy atom. The summed E-state index contributed by atoms with van der Waals surface area (Å²) in [4.78, 5) is 14.7. The quantitative estimate of drug-likeness (QED) is 0.753. The molecule has 1 N–H and O–H groups in total. The maximum absolute atomic E-state index is 13.7. The number of likely N-dealkylation sites (N-methyl/N-ethyl adjacent to an activating group) is 1. The molecule has 1 aromatic carbocycles. The zero-order chi connectivity index (χ0) is 16.8. The van der Waals surface area contributed by atoms with E-state index in [-0.39, 0.29) is 5.82 Å². The highest BCUT2D eigenvalue weighted by molar-refractivity contribution is 5.55. The normalized spacial score (nSPS) is 10.4. The molecule has 5 nitrogen and oxygen atoms in total. The van der Waals surface area contributed by atoms with Crippen molar-refractivity contribution in [2.75, 3.05) is 23.8 Å². The molecule has 0 spiro atoms. The van der Waals surface area contributed by atoms with Gasteiger partial charge < -0.3 is 10.2 Å². The van der Waals surface area contributed by atoms with Gasteiger partial charge in [0, 0.05) is 32.2 Å². The van der Waals surface area contributed by atoms with Crippen molar-refractivity contribution in [2.24, 2.45) is 0 Å². The minimum absolute atomic E-state index is 0.336. The van der Waals surface area contributed by atoms with Gasteiger partial charge in [-0.1, -0.05) is 12.1 Å². The summed E-state index contributed by atoms with van der Waals surface area (Å²) in [5.74, 6) is 0.809. The largest absolute Gasteiger partial charge is 0.359 e. The van der Waals surface area contributed by atoms with E-state index in [2.05, 4.69) is 20.3 Å². The molecule has 0 amide bonds. The van der Waals surface area contributed by atoms with Crippen molar-refractivity contribution in [1.29, 1.82) is 0 Å². The zero-order valence-corrected chi connectivity index (χ0v) is 13.4. The fourth-order valence-corrected chi connectivity index (χ4v) is 2.27. The van der Waals surface area contributed by atoms with Gasteiger partial charge >= 0.3 is 0 Å². The molecule has 0 saturated carbocycles. The highest BCUT2D eigenvalue weighted by atomic mass is 19.1. The molecule has 0 radical (unpaired) electrons. The minimum Gasteiger partial charge on any atom is -0.359 e. The average molecular weight is 323 g/mol. The van der Waals surface area contributed by atoms with E-state index in [1.54, 1.807) is 36.8 Å². The van der Waals surface area contributed by atoms with Crippen LogP contribution in [0, 0.1) is 5.82 Å². The van der Waals surface area contributed by atoms with E-state index < -0.39 is 0 Å². The number of benzene rings is 1. The van der Waals surface area contributed by atoms with Gasteiger partial charge in [0.25, 0.3) is 0 Å². The van der Waals surface area contributed by atoms with Crippen LogP contribution in [0.4, 0.5) is 21.8 Å². The second-order valence-electron chi connectivity index (χ2n) is 5.37. The van der Waals surface area contributed by atoms with Crippen molar-refractivity contribution in [3.8, 4) is 0 Å². The minimum atomic E-state index is -0.336. The Hall–Kier alpha value is -3.02. The predicted octanol–water partition coefficient (Wildman–Crippen LogP) is 3.43. The van der Waals surface area contributed by atoms with Crippen LogP contribution in [0.5, 0.6) is 0 Å². The number of aromatic nitrogens is 3. The monoisotopic (exact) mass is 323 g/mol. The number of halogens is 1. The van der Waals surface area contributed by atoms with Crippen LogP contribution in [0.2, 0.25) is 0 Å². The lowest BCUT2D eigenvalue weighted by molar-refractivity contribution is 0.631. The summed E-state index contributed by atoms with van der Waals surface area (Å²) in [6.07, 6.45) is 6.13. The Labute approximate surface area is 140 Å². The molecule has 0 aliphatic rings. The topological polar surface area (TPSA) is 53.9 Å². The Morgan fingerprint density at radius 3 is 2.62 bits per heavy atom. The SMILES string of the molecule is CN(CCc1ccncc1)c1ccnc(Nc2ccccc2F)n1. The van der Waals surface area contributed by atoms with Gasteiger partial charge in [0.2, 0.25) is 5.95 Å². The van der Waals surface area contributed by atoms with E-state index in [0.29, 0.717) is 11.6 Å². The number of anilines is 3. The van der Waals surface area contributed by atoms with Crippen LogP contribution < -0.4 is 10.2 Å². The third kappa shape index (κ3) is 4.04. The van der Waals surface area contributed by atoms with Crippen LogP contribution in [0.3, 0.4) is 0 Å². The molecule has 3 aromatic rings. The van der Waals surface area contributed by atoms with Gasteiger partial charge in [-0.05, 0) is 42.3 Å². The fraction of sp³-hybridized carbons (Fsp3) is 0.167. The Bertz CT molecular complexity index is 794. The third-order valence-corrected chi connectivity index (χ3v) is 3.64. The highest BCUT2D eigenvalue weighted by Gasteiger charge is 2.07. The van der Waals surface area contributed by atoms with Crippen molar-refractivity contribution in [2.45, 2.75) is 6.42 Å². The lowest BCUT2D eigenvalue weighted by Crippen LogP contribution is -2.21. The number of pyridine rings is 1. The van der Waals surface area contributed by atoms with Crippen LogP contribution in [0.1, 0.15) is 5.56 Å². The van der Waals surface area contributed by atoms with Crippen LogP contribution in [-0.2, 0) is 6.42 Å². The first-order valence-electron chi connectivity index (χ1n) is 7.67. The Balaban J connectivity index is 1.67. The summed E-state index contributed by atoms with van der Waals surface area (Å²) in [7, 11) is 1.97. The van der Waals surface area contributed by atoms with Gasteiger partial charge in [0.1, 0.15) is 11.6 Å². The molecule has 0 unspecified atom stereocenters. The molecule has 24 heavy (non-hydrogen) atoms. The first-order chi connectivity index (χ1) is 11.7. The second-order valence-corrected chi connectivity index (χ2v) is 5.37. The van der Waals surface area contributed by atoms with Crippen molar-refractivity contribution < 1.29 is 4.39 Å². The lowest BCUT2D eigenvalue weighted by Gasteiger charge is -2.18. The lowest BCUT2D eigenvalue weighted by atomic mass is 10.2. The maximum atomic E-state index is 13.7. The first-order valence-corrected chi connectivity index (χ1v) is 7.67. The van der Waals surface area contributed by atoms with E-state index in [0.717, 1.165) is 18.8 Å². The molecule has 6 heteroatoms. The molecular formula is C18H18FN5. The summed E-state index contributed by atoms with van der Waals surface area (Å²) >= 11 is 0. The van der Waals surface area contributed by atoms with E-state index in [4.69, 9.17) is 0 Å². The zero-order valence-electron chi connectivity index (χ0n) is 13.4. The van der Waals surface area contributed by atoms with Crippen LogP contribution in [0.25, 0.3) is 0 Å². The standard InChI is InChI=1S/C18H18FN5/c1-24(13-9-14-6-10-20-11-7-14)17-8-12-21-18(23-17)22-16-5-3-2-4-15(16)19/h2-8,10-12H,9,13H2,1H3,(H,21,22,23). The molecule has 0 atom stereocenters. The van der Waals surface area contributed by atoms with Gasteiger partial charge in [-0.2, -0.15) is 4.98 Å². The molecule has 2 heterocycles. The molecule has 3 rings (SSSR count). The van der Waals surface area contributed by atoms with Crippen LogP contribution in [0.15, 0.2) is 61.1 Å². The average Bonchev–Trinajstić information content (AvgIpc) is 2.63. The van der Waals surface area contributed by atoms with Crippen molar-refractivity contribution >= 4 is 17.5 Å². The number of rotatable bonds is 6. The molecule has 0 fully saturated rings. The number of hydrogen-bond acceptors (Lipinski definition) is 5. The Morgan fingerprint density at radius 1 is 1.04 bits per heavy atom. The van der Waals surface area contributed by atoms with Crippen molar-refractivity contribution in [3.05, 3.63) is 72.4 Å². The molecular weight excluding hydrogens is 305 g/mol. The van der Waals surface area contributed by atoms with Gasteiger partial charge in [-0.25, -0.2) is 9.37 Å². The van der Waals surface area contributed by atoms with E-state index in [9.17, 15) is 4.39 Å². The fourth-order valence-electron chi connectivity index (χ4n) is 2.27. The maximum Gasteiger partial charge on any atom is 0.229 e. The summed E-state index contributed by atoms with van der Waals surface area (Å²) in [6.45, 7) is 0.806. The summed E-state index contributed by atoms with van der Waals surface area (Å²) in [6, 6.07) is 12.3. The van der Waals surface area contributed by atoms with Crippen LogP contribution >= 0.6 is 0 Å².